The molecule has 2 rings (SSSR count). The van der Waals surface area contributed by atoms with Crippen molar-refractivity contribution in [3.8, 4) is 11.4 Å². The molecule has 2 aromatic rings. The highest BCUT2D eigenvalue weighted by Gasteiger charge is 2.34. The van der Waals surface area contributed by atoms with E-state index in [0.29, 0.717) is 10.0 Å². The third-order valence-electron chi connectivity index (χ3n) is 3.39. The minimum atomic E-state index is -1.93. The van der Waals surface area contributed by atoms with Crippen LogP contribution in [0.25, 0.3) is 11.4 Å². The summed E-state index contributed by atoms with van der Waals surface area (Å²) in [5.74, 6) is -0.182. The second-order valence-corrected chi connectivity index (χ2v) is 12.2. The van der Waals surface area contributed by atoms with E-state index in [1.54, 1.807) is 18.2 Å². The van der Waals surface area contributed by atoms with E-state index in [1.165, 1.54) is 0 Å². The van der Waals surface area contributed by atoms with Crippen molar-refractivity contribution < 1.29 is 0 Å². The minimum Gasteiger partial charge on any atom is -0.338 e. The van der Waals surface area contributed by atoms with Gasteiger partial charge in [0.25, 0.3) is 0 Å². The number of hydrogen-bond donors (Lipinski definition) is 0. The molecule has 2 atom stereocenters. The number of rotatable bonds is 4. The van der Waals surface area contributed by atoms with E-state index in [4.69, 9.17) is 92.8 Å². The van der Waals surface area contributed by atoms with Gasteiger partial charge in [-0.15, -0.1) is 0 Å². The predicted octanol–water partition coefficient (Wildman–Crippen LogP) is 7.93. The Morgan fingerprint density at radius 1 is 0.857 bits per heavy atom. The summed E-state index contributed by atoms with van der Waals surface area (Å²) >= 11 is 51.5. The van der Waals surface area contributed by atoms with Gasteiger partial charge in [-0.1, -0.05) is 92.8 Å². The van der Waals surface area contributed by atoms with E-state index in [0.717, 1.165) is 5.69 Å². The summed E-state index contributed by atoms with van der Waals surface area (Å²) in [6, 6.07) is 5.29. The number of anilines is 1. The molecular formula is C15H11BrCl8N4. The summed E-state index contributed by atoms with van der Waals surface area (Å²) < 4.78 is -3.17. The zero-order valence-electron chi connectivity index (χ0n) is 14.1. The fourth-order valence-electron chi connectivity index (χ4n) is 2.28. The van der Waals surface area contributed by atoms with Crippen molar-refractivity contribution in [2.24, 2.45) is 0 Å². The quantitative estimate of drug-likeness (QED) is 0.261. The predicted molar refractivity (Wildman–Crippen MR) is 125 cm³/mol. The first-order valence-electron chi connectivity index (χ1n) is 7.48. The highest BCUT2D eigenvalue weighted by Crippen LogP contribution is 2.41. The van der Waals surface area contributed by atoms with Gasteiger partial charge in [-0.3, -0.25) is 0 Å². The van der Waals surface area contributed by atoms with E-state index in [1.807, 2.05) is 18.7 Å². The number of nitrogens with zero attached hydrogens (tertiary/aromatic N) is 4. The maximum atomic E-state index is 6.24. The smallest absolute Gasteiger partial charge is 0.250 e. The van der Waals surface area contributed by atoms with Gasteiger partial charge in [-0.05, 0) is 48.0 Å². The van der Waals surface area contributed by atoms with Crippen LogP contribution in [-0.2, 0) is 7.59 Å². The minimum absolute atomic E-state index is 0.161. The first-order chi connectivity index (χ1) is 12.7. The molecule has 0 saturated heterocycles. The third-order valence-corrected chi connectivity index (χ3v) is 5.46. The monoisotopic (exact) mass is 606 g/mol. The third kappa shape index (κ3) is 6.18. The summed E-state index contributed by atoms with van der Waals surface area (Å²) in [5, 5.41) is 0. The summed E-state index contributed by atoms with van der Waals surface area (Å²) in [4.78, 5) is 14.1. The van der Waals surface area contributed by atoms with Crippen LogP contribution in [0.5, 0.6) is 0 Å². The maximum absolute atomic E-state index is 6.24. The summed E-state index contributed by atoms with van der Waals surface area (Å²) in [6.07, 6.45) is 0. The Bertz CT molecular complexity index is 811. The zero-order valence-corrected chi connectivity index (χ0v) is 21.7. The van der Waals surface area contributed by atoms with Crippen LogP contribution in [-0.4, -0.2) is 26.0 Å². The highest BCUT2D eigenvalue weighted by molar-refractivity contribution is 9.10. The molecule has 154 valence electrons. The van der Waals surface area contributed by atoms with Crippen LogP contribution < -0.4 is 4.90 Å². The molecular weight excluding hydrogens is 600 g/mol. The maximum Gasteiger partial charge on any atom is 0.250 e. The topological polar surface area (TPSA) is 41.9 Å². The Balaban J connectivity index is 2.60. The van der Waals surface area contributed by atoms with E-state index in [9.17, 15) is 0 Å². The van der Waals surface area contributed by atoms with E-state index in [2.05, 4.69) is 30.9 Å². The first-order valence-corrected chi connectivity index (χ1v) is 11.4. The zero-order chi connectivity index (χ0) is 21.4. The standard InChI is InChI=1S/C15H11BrCl8N4/c1-6(17)28(7(2)18)10-4-3-8(5-9(10)16)11-25-12(14(19,20)21)27-13(26-11)15(22,23)24/h3-7H,1-2H3. The van der Waals surface area contributed by atoms with Gasteiger partial charge in [0.05, 0.1) is 5.69 Å². The van der Waals surface area contributed by atoms with Crippen LogP contribution in [0.2, 0.25) is 0 Å². The SMILES string of the molecule is CC(Cl)N(c1ccc(-c2nc(C(Cl)(Cl)Cl)nc(C(Cl)(Cl)Cl)n2)cc1Br)C(C)Cl. The molecule has 0 bridgehead atoms. The normalized spacial score (nSPS) is 14.7. The summed E-state index contributed by atoms with van der Waals surface area (Å²) in [7, 11) is 0. The molecule has 1 heterocycles. The molecule has 28 heavy (non-hydrogen) atoms. The van der Waals surface area contributed by atoms with Crippen molar-refractivity contribution in [1.82, 2.24) is 15.0 Å². The largest absolute Gasteiger partial charge is 0.338 e. The van der Waals surface area contributed by atoms with Crippen LogP contribution in [0.15, 0.2) is 22.7 Å². The molecule has 0 aliphatic heterocycles. The molecule has 0 amide bonds. The van der Waals surface area contributed by atoms with Gasteiger partial charge >= 0.3 is 0 Å². The van der Waals surface area contributed by atoms with Crippen molar-refractivity contribution in [1.29, 1.82) is 0 Å². The van der Waals surface area contributed by atoms with Gasteiger partial charge in [0.2, 0.25) is 7.59 Å². The molecule has 0 radical (unpaired) electrons. The summed E-state index contributed by atoms with van der Waals surface area (Å²) in [5.41, 5.74) is 0.636. The van der Waals surface area contributed by atoms with Gasteiger partial charge < -0.3 is 4.90 Å². The molecule has 0 fully saturated rings. The highest BCUT2D eigenvalue weighted by atomic mass is 79.9. The van der Waals surface area contributed by atoms with Gasteiger partial charge in [-0.25, -0.2) is 15.0 Å². The second kappa shape index (κ2) is 9.54. The van der Waals surface area contributed by atoms with Crippen molar-refractivity contribution in [2.75, 3.05) is 4.90 Å². The lowest BCUT2D eigenvalue weighted by Crippen LogP contribution is -2.34. The lowest BCUT2D eigenvalue weighted by atomic mass is 10.1. The van der Waals surface area contributed by atoms with Gasteiger partial charge in [0.15, 0.2) is 17.5 Å². The lowest BCUT2D eigenvalue weighted by molar-refractivity contribution is 0.768. The Hall–Kier alpha value is 0.830. The number of halogens is 9. The van der Waals surface area contributed by atoms with Gasteiger partial charge in [-0.2, -0.15) is 0 Å². The molecule has 0 aliphatic carbocycles. The van der Waals surface area contributed by atoms with Crippen LogP contribution in [0.3, 0.4) is 0 Å². The van der Waals surface area contributed by atoms with Crippen molar-refractivity contribution in [3.63, 3.8) is 0 Å². The first kappa shape index (κ1) is 25.1. The van der Waals surface area contributed by atoms with Crippen LogP contribution in [0.4, 0.5) is 5.69 Å². The van der Waals surface area contributed by atoms with Gasteiger partial charge in [0, 0.05) is 10.0 Å². The number of alkyl halides is 8. The molecule has 0 aliphatic rings. The molecule has 1 aromatic carbocycles. The molecule has 4 nitrogen and oxygen atoms in total. The summed E-state index contributed by atoms with van der Waals surface area (Å²) in [6.45, 7) is 3.63. The van der Waals surface area contributed by atoms with Crippen molar-refractivity contribution in [3.05, 3.63) is 34.3 Å². The molecule has 0 spiro atoms. The van der Waals surface area contributed by atoms with Crippen LogP contribution in [0, 0.1) is 0 Å². The van der Waals surface area contributed by atoms with Gasteiger partial charge in [0.1, 0.15) is 11.0 Å². The average Bonchev–Trinajstić information content (AvgIpc) is 2.54. The van der Waals surface area contributed by atoms with Crippen LogP contribution >= 0.6 is 109 Å². The number of benzene rings is 1. The Kier molecular flexibility index (Phi) is 8.55. The number of hydrogen-bond acceptors (Lipinski definition) is 4. The molecule has 0 saturated carbocycles. The second-order valence-electron chi connectivity index (χ2n) is 5.52. The molecule has 2 unspecified atom stereocenters. The average molecular weight is 611 g/mol. The molecule has 1 aromatic heterocycles. The van der Waals surface area contributed by atoms with E-state index < -0.39 is 7.59 Å². The fraction of sp³-hybridized carbons (Fsp3) is 0.400. The van der Waals surface area contributed by atoms with Crippen molar-refractivity contribution >= 4 is 114 Å². The Morgan fingerprint density at radius 3 is 1.68 bits per heavy atom. The fourth-order valence-corrected chi connectivity index (χ4v) is 3.98. The molecule has 13 heteroatoms. The number of aromatic nitrogens is 3. The van der Waals surface area contributed by atoms with Crippen LogP contribution in [0.1, 0.15) is 25.5 Å². The molecule has 0 N–H and O–H groups in total. The Morgan fingerprint density at radius 2 is 1.32 bits per heavy atom. The van der Waals surface area contributed by atoms with E-state index in [-0.39, 0.29) is 28.5 Å². The van der Waals surface area contributed by atoms with E-state index >= 15 is 0 Å². The van der Waals surface area contributed by atoms with Crippen molar-refractivity contribution in [2.45, 2.75) is 32.4 Å². The Labute approximate surface area is 210 Å². The lowest BCUT2D eigenvalue weighted by Gasteiger charge is -2.31.